The van der Waals surface area contributed by atoms with Crippen LogP contribution in [0, 0.1) is 11.3 Å². The predicted octanol–water partition coefficient (Wildman–Crippen LogP) is 3.39. The van der Waals surface area contributed by atoms with E-state index in [1.54, 1.807) is 12.1 Å². The van der Waals surface area contributed by atoms with Crippen molar-refractivity contribution in [1.29, 1.82) is 5.26 Å². The number of hydrogen-bond acceptors (Lipinski definition) is 4. The van der Waals surface area contributed by atoms with Crippen LogP contribution in [0.3, 0.4) is 0 Å². The van der Waals surface area contributed by atoms with Gasteiger partial charge in [0.15, 0.2) is 0 Å². The van der Waals surface area contributed by atoms with Crippen molar-refractivity contribution in [2.75, 3.05) is 13.1 Å². The normalized spacial score (nSPS) is 17.3. The lowest BCUT2D eigenvalue weighted by Gasteiger charge is -2.19. The zero-order chi connectivity index (χ0) is 22.0. The maximum Gasteiger partial charge on any atom is 0.268 e. The molecule has 2 amide bonds. The topological polar surface area (TPSA) is 86.1 Å². The van der Waals surface area contributed by atoms with Crippen LogP contribution in [0.25, 0.3) is 22.0 Å². The molecule has 1 fully saturated rings. The molecule has 3 aromatic rings. The number of amides is 2. The molecule has 1 saturated heterocycles. The van der Waals surface area contributed by atoms with E-state index in [0.717, 1.165) is 16.0 Å². The van der Waals surface area contributed by atoms with Gasteiger partial charge in [-0.2, -0.15) is 5.26 Å². The Morgan fingerprint density at radius 3 is 2.68 bits per heavy atom. The van der Waals surface area contributed by atoms with Crippen LogP contribution in [0.4, 0.5) is 8.78 Å². The number of pyridine rings is 1. The maximum absolute atomic E-state index is 13.6. The van der Waals surface area contributed by atoms with Gasteiger partial charge in [-0.25, -0.2) is 8.78 Å². The van der Waals surface area contributed by atoms with Gasteiger partial charge in [0, 0.05) is 18.0 Å². The van der Waals surface area contributed by atoms with E-state index in [1.807, 2.05) is 48.5 Å². The zero-order valence-corrected chi connectivity index (χ0v) is 16.4. The molecule has 1 atom stereocenters. The number of likely N-dealkylation sites (tertiary alicyclic amines) is 1. The molecule has 31 heavy (non-hydrogen) atoms. The van der Waals surface area contributed by atoms with Crippen LogP contribution in [0.1, 0.15) is 16.8 Å². The largest absolute Gasteiger partial charge is 0.343 e. The Labute approximate surface area is 177 Å². The van der Waals surface area contributed by atoms with E-state index in [-0.39, 0.29) is 0 Å². The molecule has 1 aliphatic rings. The Bertz CT molecular complexity index is 1190. The third-order valence-electron chi connectivity index (χ3n) is 5.23. The van der Waals surface area contributed by atoms with Crippen LogP contribution in [-0.4, -0.2) is 46.8 Å². The first-order valence-electron chi connectivity index (χ1n) is 9.67. The van der Waals surface area contributed by atoms with Crippen molar-refractivity contribution in [3.05, 3.63) is 66.4 Å². The Morgan fingerprint density at radius 2 is 1.94 bits per heavy atom. The van der Waals surface area contributed by atoms with E-state index in [1.165, 1.54) is 6.20 Å². The quantitative estimate of drug-likeness (QED) is 0.701. The summed E-state index contributed by atoms with van der Waals surface area (Å²) >= 11 is 0. The molecule has 1 aliphatic heterocycles. The minimum absolute atomic E-state index is 0.319. The lowest BCUT2D eigenvalue weighted by Crippen LogP contribution is -2.43. The first-order valence-corrected chi connectivity index (χ1v) is 9.67. The minimum Gasteiger partial charge on any atom is -0.343 e. The first kappa shape index (κ1) is 20.4. The number of alkyl halides is 2. The fourth-order valence-electron chi connectivity index (χ4n) is 3.70. The summed E-state index contributed by atoms with van der Waals surface area (Å²) in [5, 5.41) is 12.1. The molecule has 6 nitrogen and oxygen atoms in total. The lowest BCUT2D eigenvalue weighted by atomic mass is 10.0. The SMILES string of the molecule is N#CC1CC(F)(F)CN1C(=O)CNC(=O)c1ccnc2ccc(-c3ccccc3)cc12. The van der Waals surface area contributed by atoms with Crippen LogP contribution < -0.4 is 5.32 Å². The molecule has 2 heterocycles. The molecular formula is C23H18F2N4O2. The zero-order valence-electron chi connectivity index (χ0n) is 16.4. The Morgan fingerprint density at radius 1 is 1.16 bits per heavy atom. The summed E-state index contributed by atoms with van der Waals surface area (Å²) in [7, 11) is 0. The third-order valence-corrected chi connectivity index (χ3v) is 5.23. The summed E-state index contributed by atoms with van der Waals surface area (Å²) in [6.45, 7) is -1.30. The molecule has 1 unspecified atom stereocenters. The molecular weight excluding hydrogens is 402 g/mol. The van der Waals surface area contributed by atoms with Crippen LogP contribution >= 0.6 is 0 Å². The van der Waals surface area contributed by atoms with Crippen LogP contribution in [0.2, 0.25) is 0 Å². The fourth-order valence-corrected chi connectivity index (χ4v) is 3.70. The number of fused-ring (bicyclic) bond motifs is 1. The van der Waals surface area contributed by atoms with E-state index in [9.17, 15) is 18.4 Å². The van der Waals surface area contributed by atoms with E-state index < -0.39 is 43.3 Å². The Balaban J connectivity index is 1.54. The van der Waals surface area contributed by atoms with Gasteiger partial charge >= 0.3 is 0 Å². The molecule has 1 aromatic heterocycles. The molecule has 8 heteroatoms. The molecule has 0 radical (unpaired) electrons. The average Bonchev–Trinajstić information content (AvgIpc) is 3.11. The first-order chi connectivity index (χ1) is 14.9. The molecule has 1 N–H and O–H groups in total. The summed E-state index contributed by atoms with van der Waals surface area (Å²) in [6.07, 6.45) is 0.800. The van der Waals surface area contributed by atoms with Gasteiger partial charge in [-0.3, -0.25) is 14.6 Å². The number of nitrogens with one attached hydrogen (secondary N) is 1. The van der Waals surface area contributed by atoms with Crippen molar-refractivity contribution >= 4 is 22.7 Å². The molecule has 156 valence electrons. The van der Waals surface area contributed by atoms with Gasteiger partial charge in [0.05, 0.1) is 30.2 Å². The molecule has 0 aliphatic carbocycles. The number of rotatable bonds is 4. The van der Waals surface area contributed by atoms with Crippen LogP contribution in [-0.2, 0) is 4.79 Å². The summed E-state index contributed by atoms with van der Waals surface area (Å²) in [4.78, 5) is 30.2. The highest BCUT2D eigenvalue weighted by Gasteiger charge is 2.47. The number of aromatic nitrogens is 1. The summed E-state index contributed by atoms with van der Waals surface area (Å²) < 4.78 is 27.1. The lowest BCUT2D eigenvalue weighted by molar-refractivity contribution is -0.131. The van der Waals surface area contributed by atoms with Crippen LogP contribution in [0.5, 0.6) is 0 Å². The van der Waals surface area contributed by atoms with Gasteiger partial charge in [0.25, 0.3) is 11.8 Å². The maximum atomic E-state index is 13.6. The van der Waals surface area contributed by atoms with E-state index in [4.69, 9.17) is 5.26 Å². The Hall–Kier alpha value is -3.86. The second kappa shape index (κ2) is 8.11. The highest BCUT2D eigenvalue weighted by atomic mass is 19.3. The second-order valence-electron chi connectivity index (χ2n) is 7.37. The molecule has 0 saturated carbocycles. The molecule has 0 bridgehead atoms. The van der Waals surface area contributed by atoms with E-state index in [0.29, 0.717) is 16.5 Å². The average molecular weight is 420 g/mol. The smallest absolute Gasteiger partial charge is 0.268 e. The van der Waals surface area contributed by atoms with Gasteiger partial charge in [-0.1, -0.05) is 36.4 Å². The van der Waals surface area contributed by atoms with Crippen molar-refractivity contribution in [2.45, 2.75) is 18.4 Å². The van der Waals surface area contributed by atoms with Gasteiger partial charge < -0.3 is 10.2 Å². The van der Waals surface area contributed by atoms with Crippen LogP contribution in [0.15, 0.2) is 60.8 Å². The third kappa shape index (κ3) is 4.21. The number of nitriles is 1. The van der Waals surface area contributed by atoms with Crippen molar-refractivity contribution < 1.29 is 18.4 Å². The molecule has 4 rings (SSSR count). The number of hydrogen-bond donors (Lipinski definition) is 1. The van der Waals surface area contributed by atoms with Crippen molar-refractivity contribution in [3.8, 4) is 17.2 Å². The highest BCUT2D eigenvalue weighted by Crippen LogP contribution is 2.31. The number of benzene rings is 2. The molecule has 2 aromatic carbocycles. The van der Waals surface area contributed by atoms with E-state index >= 15 is 0 Å². The van der Waals surface area contributed by atoms with Crippen molar-refractivity contribution in [3.63, 3.8) is 0 Å². The number of carbonyl (C=O) groups excluding carboxylic acids is 2. The number of nitrogens with zero attached hydrogens (tertiary/aromatic N) is 3. The van der Waals surface area contributed by atoms with E-state index in [2.05, 4.69) is 10.3 Å². The standard InChI is InChI=1S/C23H18F2N4O2/c24-23(25)11-17(12-26)29(14-23)21(30)13-28-22(31)18-8-9-27-20-7-6-16(10-19(18)20)15-4-2-1-3-5-15/h1-10,17H,11,13-14H2,(H,28,31). The van der Waals surface area contributed by atoms with Gasteiger partial charge in [-0.05, 0) is 29.3 Å². The summed E-state index contributed by atoms with van der Waals surface area (Å²) in [5.74, 6) is -4.35. The Kier molecular flexibility index (Phi) is 5.34. The highest BCUT2D eigenvalue weighted by molar-refractivity contribution is 6.07. The van der Waals surface area contributed by atoms with Crippen molar-refractivity contribution in [2.24, 2.45) is 0 Å². The number of carbonyl (C=O) groups is 2. The summed E-state index contributed by atoms with van der Waals surface area (Å²) in [5.41, 5.74) is 2.82. The monoisotopic (exact) mass is 420 g/mol. The fraction of sp³-hybridized carbons (Fsp3) is 0.217. The second-order valence-corrected chi connectivity index (χ2v) is 7.37. The minimum atomic E-state index is -3.10. The van der Waals surface area contributed by atoms with Gasteiger partial charge in [0.1, 0.15) is 6.04 Å². The predicted molar refractivity (Wildman–Crippen MR) is 110 cm³/mol. The van der Waals surface area contributed by atoms with Crippen molar-refractivity contribution in [1.82, 2.24) is 15.2 Å². The van der Waals surface area contributed by atoms with Gasteiger partial charge in [0.2, 0.25) is 5.91 Å². The molecule has 0 spiro atoms. The summed E-state index contributed by atoms with van der Waals surface area (Å²) in [6, 6.07) is 17.3. The number of halogens is 2. The van der Waals surface area contributed by atoms with Gasteiger partial charge in [-0.15, -0.1) is 0 Å².